The molecular weight excluding hydrogens is 408 g/mol. The van der Waals surface area contributed by atoms with Gasteiger partial charge in [0.25, 0.3) is 5.91 Å². The quantitative estimate of drug-likeness (QED) is 0.522. The number of carbonyl (C=O) groups is 1. The molecule has 10 heteroatoms. The molecule has 2 atom stereocenters. The largest absolute Gasteiger partial charge is 0.489 e. The molecule has 154 valence electrons. The first-order valence-corrected chi connectivity index (χ1v) is 9.75. The number of nitrogens with two attached hydrogens (primary N) is 1. The average Bonchev–Trinajstić information content (AvgIpc) is 3.30. The molecule has 3 heterocycles. The summed E-state index contributed by atoms with van der Waals surface area (Å²) in [7, 11) is 0. The van der Waals surface area contributed by atoms with Gasteiger partial charge in [-0.25, -0.2) is 4.98 Å². The van der Waals surface area contributed by atoms with Crippen LogP contribution in [0.2, 0.25) is 0 Å². The standard InChI is InChI=1S/C20H18N4O5S/c1-10-22-18(24-29-10)19(2,26)7-6-11-4-5-13-12(8-11)14-15(20(3,27)9-28-13)30-17(23-14)16(21)25/h4-5,8,26-27H,9H2,1-3H3,(H2,21,25). The molecule has 0 aliphatic carbocycles. The summed E-state index contributed by atoms with van der Waals surface area (Å²) in [6, 6.07) is 5.12. The van der Waals surface area contributed by atoms with Crippen LogP contribution in [0.4, 0.5) is 0 Å². The van der Waals surface area contributed by atoms with E-state index in [4.69, 9.17) is 15.0 Å². The van der Waals surface area contributed by atoms with Gasteiger partial charge in [0.2, 0.25) is 11.7 Å². The maximum absolute atomic E-state index is 11.6. The van der Waals surface area contributed by atoms with Gasteiger partial charge >= 0.3 is 0 Å². The van der Waals surface area contributed by atoms with Gasteiger partial charge in [-0.2, -0.15) is 4.98 Å². The highest BCUT2D eigenvalue weighted by atomic mass is 32.1. The van der Waals surface area contributed by atoms with Crippen LogP contribution in [-0.4, -0.2) is 37.9 Å². The van der Waals surface area contributed by atoms with Crippen molar-refractivity contribution in [1.29, 1.82) is 0 Å². The number of nitrogens with zero attached hydrogens (tertiary/aromatic N) is 3. The first-order chi connectivity index (χ1) is 14.1. The van der Waals surface area contributed by atoms with Crippen molar-refractivity contribution >= 4 is 17.2 Å². The molecule has 1 amide bonds. The van der Waals surface area contributed by atoms with Crippen LogP contribution >= 0.6 is 11.3 Å². The summed E-state index contributed by atoms with van der Waals surface area (Å²) in [4.78, 5) is 20.4. The smallest absolute Gasteiger partial charge is 0.277 e. The second kappa shape index (κ2) is 6.91. The molecule has 3 aromatic rings. The Morgan fingerprint density at radius 3 is 2.83 bits per heavy atom. The maximum Gasteiger partial charge on any atom is 0.277 e. The van der Waals surface area contributed by atoms with Gasteiger partial charge in [0.05, 0.1) is 10.6 Å². The van der Waals surface area contributed by atoms with Crippen LogP contribution in [0.1, 0.15) is 45.8 Å². The molecule has 0 radical (unpaired) electrons. The lowest BCUT2D eigenvalue weighted by Gasteiger charge is -2.19. The molecule has 0 spiro atoms. The number of ether oxygens (including phenoxy) is 1. The molecule has 9 nitrogen and oxygen atoms in total. The molecule has 4 rings (SSSR count). The van der Waals surface area contributed by atoms with E-state index in [0.29, 0.717) is 33.3 Å². The zero-order chi connectivity index (χ0) is 21.7. The van der Waals surface area contributed by atoms with E-state index in [2.05, 4.69) is 27.0 Å². The van der Waals surface area contributed by atoms with E-state index in [9.17, 15) is 15.0 Å². The van der Waals surface area contributed by atoms with Crippen molar-refractivity contribution < 1.29 is 24.3 Å². The number of fused-ring (bicyclic) bond motifs is 3. The van der Waals surface area contributed by atoms with Crippen molar-refractivity contribution in [2.24, 2.45) is 5.73 Å². The van der Waals surface area contributed by atoms with Gasteiger partial charge in [0.15, 0.2) is 10.6 Å². The minimum atomic E-state index is -1.62. The van der Waals surface area contributed by atoms with Crippen molar-refractivity contribution in [1.82, 2.24) is 15.1 Å². The fourth-order valence-corrected chi connectivity index (χ4v) is 3.88. The lowest BCUT2D eigenvalue weighted by Crippen LogP contribution is -2.27. The topological polar surface area (TPSA) is 145 Å². The molecule has 1 aliphatic heterocycles. The fourth-order valence-electron chi connectivity index (χ4n) is 2.92. The summed E-state index contributed by atoms with van der Waals surface area (Å²) in [5, 5.41) is 25.2. The summed E-state index contributed by atoms with van der Waals surface area (Å²) in [6.07, 6.45) is 0. The van der Waals surface area contributed by atoms with Crippen LogP contribution in [0.25, 0.3) is 11.3 Å². The number of carbonyl (C=O) groups excluding carboxylic acids is 1. The van der Waals surface area contributed by atoms with Crippen molar-refractivity contribution in [3.63, 3.8) is 0 Å². The van der Waals surface area contributed by atoms with Crippen molar-refractivity contribution in [2.75, 3.05) is 6.61 Å². The predicted molar refractivity (Wildman–Crippen MR) is 107 cm³/mol. The van der Waals surface area contributed by atoms with Crippen molar-refractivity contribution in [3.8, 4) is 28.8 Å². The highest BCUT2D eigenvalue weighted by Crippen LogP contribution is 2.43. The average molecular weight is 426 g/mol. The molecular formula is C20H18N4O5S. The zero-order valence-electron chi connectivity index (χ0n) is 16.4. The number of benzene rings is 1. The van der Waals surface area contributed by atoms with Crippen LogP contribution in [0.15, 0.2) is 22.7 Å². The molecule has 0 saturated heterocycles. The van der Waals surface area contributed by atoms with E-state index in [1.54, 1.807) is 32.0 Å². The Bertz CT molecular complexity index is 1220. The molecule has 30 heavy (non-hydrogen) atoms. The number of rotatable bonds is 2. The summed E-state index contributed by atoms with van der Waals surface area (Å²) in [5.41, 5.74) is 3.96. The van der Waals surface area contributed by atoms with Crippen molar-refractivity contribution in [2.45, 2.75) is 32.0 Å². The Hall–Kier alpha value is -3.26. The minimum absolute atomic E-state index is 0.00961. The normalized spacial score (nSPS) is 19.4. The van der Waals surface area contributed by atoms with Gasteiger partial charge in [-0.3, -0.25) is 4.79 Å². The molecule has 0 bridgehead atoms. The molecule has 2 aromatic heterocycles. The number of hydrogen-bond donors (Lipinski definition) is 3. The Labute approximate surface area is 175 Å². The summed E-state index contributed by atoms with van der Waals surface area (Å²) in [6.45, 7) is 4.66. The summed E-state index contributed by atoms with van der Waals surface area (Å²) >= 11 is 1.03. The lowest BCUT2D eigenvalue weighted by molar-refractivity contribution is 0.0132. The van der Waals surface area contributed by atoms with E-state index < -0.39 is 17.1 Å². The van der Waals surface area contributed by atoms with Gasteiger partial charge in [-0.1, -0.05) is 17.0 Å². The Kier molecular flexibility index (Phi) is 4.62. The van der Waals surface area contributed by atoms with E-state index in [1.807, 2.05) is 0 Å². The first kappa shape index (κ1) is 20.0. The van der Waals surface area contributed by atoms with E-state index in [-0.39, 0.29) is 17.4 Å². The molecule has 1 aromatic carbocycles. The van der Waals surface area contributed by atoms with Crippen LogP contribution in [0.5, 0.6) is 5.75 Å². The van der Waals surface area contributed by atoms with Crippen molar-refractivity contribution in [3.05, 3.63) is 45.4 Å². The minimum Gasteiger partial charge on any atom is -0.489 e. The first-order valence-electron chi connectivity index (χ1n) is 8.94. The Balaban J connectivity index is 1.78. The Morgan fingerprint density at radius 1 is 1.40 bits per heavy atom. The van der Waals surface area contributed by atoms with E-state index in [1.165, 1.54) is 6.92 Å². The predicted octanol–water partition coefficient (Wildman–Crippen LogP) is 1.46. The molecule has 1 aliphatic rings. The molecule has 0 fully saturated rings. The fraction of sp³-hybridized carbons (Fsp3) is 0.300. The highest BCUT2D eigenvalue weighted by molar-refractivity contribution is 7.14. The maximum atomic E-state index is 11.6. The van der Waals surface area contributed by atoms with Gasteiger partial charge in [-0.05, 0) is 32.0 Å². The van der Waals surface area contributed by atoms with Gasteiger partial charge in [0.1, 0.15) is 18.0 Å². The third-order valence-corrected chi connectivity index (χ3v) is 5.81. The van der Waals surface area contributed by atoms with Crippen LogP contribution < -0.4 is 10.5 Å². The van der Waals surface area contributed by atoms with Gasteiger partial charge in [-0.15, -0.1) is 11.3 Å². The zero-order valence-corrected chi connectivity index (χ0v) is 17.2. The third-order valence-electron chi connectivity index (χ3n) is 4.48. The summed E-state index contributed by atoms with van der Waals surface area (Å²) < 4.78 is 10.6. The van der Waals surface area contributed by atoms with E-state index in [0.717, 1.165) is 11.3 Å². The number of amides is 1. The number of thiazole rings is 1. The monoisotopic (exact) mass is 426 g/mol. The van der Waals surface area contributed by atoms with Crippen LogP contribution in [0, 0.1) is 18.8 Å². The third kappa shape index (κ3) is 3.54. The lowest BCUT2D eigenvalue weighted by atomic mass is 10.00. The molecule has 2 unspecified atom stereocenters. The second-order valence-corrected chi connectivity index (χ2v) is 8.29. The number of hydrogen-bond acceptors (Lipinski definition) is 9. The second-order valence-electron chi connectivity index (χ2n) is 7.29. The number of aromatic nitrogens is 3. The molecule has 0 saturated carbocycles. The van der Waals surface area contributed by atoms with Gasteiger partial charge in [0, 0.05) is 18.1 Å². The highest BCUT2D eigenvalue weighted by Gasteiger charge is 2.36. The number of aryl methyl sites for hydroxylation is 1. The Morgan fingerprint density at radius 2 is 2.17 bits per heavy atom. The van der Waals surface area contributed by atoms with Gasteiger partial charge < -0.3 is 25.2 Å². The SMILES string of the molecule is Cc1nc(C(C)(O)C#Cc2ccc3c(c2)-c2nc(C(N)=O)sc2C(C)(O)CO3)no1. The summed E-state index contributed by atoms with van der Waals surface area (Å²) in [5.74, 6) is 5.82. The molecule has 4 N–H and O–H groups in total. The van der Waals surface area contributed by atoms with Crippen LogP contribution in [0.3, 0.4) is 0 Å². The number of primary amides is 1. The number of aliphatic hydroxyl groups is 2. The van der Waals surface area contributed by atoms with Crippen LogP contribution in [-0.2, 0) is 11.2 Å². The van der Waals surface area contributed by atoms with E-state index >= 15 is 0 Å².